The van der Waals surface area contributed by atoms with Gasteiger partial charge in [0.2, 0.25) is 0 Å². The Morgan fingerprint density at radius 2 is 1.70 bits per heavy atom. The van der Waals surface area contributed by atoms with Crippen LogP contribution in [0.5, 0.6) is 0 Å². The van der Waals surface area contributed by atoms with Gasteiger partial charge in [-0.2, -0.15) is 0 Å². The van der Waals surface area contributed by atoms with Gasteiger partial charge in [0.25, 0.3) is 5.91 Å². The summed E-state index contributed by atoms with van der Waals surface area (Å²) in [6, 6.07) is 16.9. The van der Waals surface area contributed by atoms with Crippen molar-refractivity contribution < 1.29 is 4.79 Å². The number of nitrogens with one attached hydrogen (secondary N) is 1. The first-order chi connectivity index (χ1) is 14.6. The zero-order chi connectivity index (χ0) is 20.9. The number of carbonyl (C=O) groups excluding carboxylic acids is 1. The number of nitrogens with zero attached hydrogens (tertiary/aromatic N) is 3. The molecule has 0 fully saturated rings. The van der Waals surface area contributed by atoms with E-state index in [0.29, 0.717) is 35.1 Å². The first-order valence-corrected chi connectivity index (χ1v) is 10.4. The average molecular weight is 439 g/mol. The summed E-state index contributed by atoms with van der Waals surface area (Å²) < 4.78 is 2.15. The third kappa shape index (κ3) is 4.48. The van der Waals surface area contributed by atoms with Crippen molar-refractivity contribution in [3.63, 3.8) is 0 Å². The van der Waals surface area contributed by atoms with Crippen LogP contribution in [0.2, 0.25) is 10.0 Å². The van der Waals surface area contributed by atoms with E-state index in [1.165, 1.54) is 0 Å². The maximum Gasteiger partial charge on any atom is 0.251 e. The number of aryl methyl sites for hydroxylation is 1. The molecule has 0 unspecified atom stereocenters. The Balaban J connectivity index is 1.50. The lowest BCUT2D eigenvalue weighted by Gasteiger charge is -2.12. The molecule has 0 bridgehead atoms. The zero-order valence-corrected chi connectivity index (χ0v) is 17.7. The molecule has 0 aliphatic heterocycles. The molecule has 0 spiro atoms. The van der Waals surface area contributed by atoms with E-state index in [-0.39, 0.29) is 5.91 Å². The smallest absolute Gasteiger partial charge is 0.251 e. The number of benzene rings is 2. The van der Waals surface area contributed by atoms with Gasteiger partial charge in [-0.3, -0.25) is 9.78 Å². The number of pyridine rings is 1. The van der Waals surface area contributed by atoms with Gasteiger partial charge in [-0.05, 0) is 42.8 Å². The number of imidazole rings is 1. The third-order valence-corrected chi connectivity index (χ3v) is 5.62. The van der Waals surface area contributed by atoms with Gasteiger partial charge in [-0.25, -0.2) is 4.98 Å². The molecular formula is C23H20Cl2N4O. The van der Waals surface area contributed by atoms with E-state index in [1.54, 1.807) is 24.5 Å². The van der Waals surface area contributed by atoms with Crippen LogP contribution in [0.3, 0.4) is 0 Å². The topological polar surface area (TPSA) is 59.8 Å². The van der Waals surface area contributed by atoms with E-state index in [2.05, 4.69) is 14.9 Å². The summed E-state index contributed by atoms with van der Waals surface area (Å²) in [5, 5.41) is 4.21. The van der Waals surface area contributed by atoms with Crippen molar-refractivity contribution in [3.05, 3.63) is 94.0 Å². The van der Waals surface area contributed by atoms with Gasteiger partial charge in [0.05, 0.1) is 17.6 Å². The lowest BCUT2D eigenvalue weighted by molar-refractivity contribution is 0.0953. The van der Waals surface area contributed by atoms with Crippen LogP contribution in [-0.4, -0.2) is 27.0 Å². The summed E-state index contributed by atoms with van der Waals surface area (Å²) in [6.07, 6.45) is 4.69. The highest BCUT2D eigenvalue weighted by atomic mass is 35.5. The largest absolute Gasteiger partial charge is 0.352 e. The minimum Gasteiger partial charge on any atom is -0.352 e. The molecule has 2 aromatic heterocycles. The first kappa shape index (κ1) is 20.4. The fourth-order valence-electron chi connectivity index (χ4n) is 3.39. The number of carbonyl (C=O) groups is 1. The molecule has 0 aliphatic carbocycles. The summed E-state index contributed by atoms with van der Waals surface area (Å²) in [5.41, 5.74) is 3.43. The van der Waals surface area contributed by atoms with E-state index < -0.39 is 0 Å². The molecule has 0 radical (unpaired) electrons. The number of rotatable bonds is 7. The average Bonchev–Trinajstić information content (AvgIpc) is 3.11. The molecule has 0 aliphatic rings. The molecule has 0 atom stereocenters. The van der Waals surface area contributed by atoms with Gasteiger partial charge in [-0.15, -0.1) is 0 Å². The van der Waals surface area contributed by atoms with Crippen molar-refractivity contribution in [2.75, 3.05) is 6.54 Å². The molecule has 4 aromatic rings. The number of hydrogen-bond acceptors (Lipinski definition) is 3. The summed E-state index contributed by atoms with van der Waals surface area (Å²) in [4.78, 5) is 20.9. The molecule has 1 amide bonds. The molecule has 152 valence electrons. The third-order valence-electron chi connectivity index (χ3n) is 4.92. The van der Waals surface area contributed by atoms with Gasteiger partial charge in [0.1, 0.15) is 5.82 Å². The lowest BCUT2D eigenvalue weighted by atomic mass is 10.2. The number of fused-ring (bicyclic) bond motifs is 1. The lowest BCUT2D eigenvalue weighted by Crippen LogP contribution is -2.25. The van der Waals surface area contributed by atoms with Crippen molar-refractivity contribution in [2.24, 2.45) is 0 Å². The first-order valence-electron chi connectivity index (χ1n) is 9.69. The number of para-hydroxylation sites is 2. The molecular weight excluding hydrogens is 419 g/mol. The van der Waals surface area contributed by atoms with Crippen LogP contribution < -0.4 is 5.32 Å². The minimum absolute atomic E-state index is 0.103. The van der Waals surface area contributed by atoms with E-state index >= 15 is 0 Å². The molecule has 2 heterocycles. The quantitative estimate of drug-likeness (QED) is 0.405. The molecule has 30 heavy (non-hydrogen) atoms. The van der Waals surface area contributed by atoms with Crippen molar-refractivity contribution in [2.45, 2.75) is 19.4 Å². The molecule has 2 aromatic carbocycles. The summed E-state index contributed by atoms with van der Waals surface area (Å²) >= 11 is 12.8. The second-order valence-corrected chi connectivity index (χ2v) is 7.71. The Labute approximate surface area is 184 Å². The predicted molar refractivity (Wildman–Crippen MR) is 120 cm³/mol. The van der Waals surface area contributed by atoms with Crippen LogP contribution in [-0.2, 0) is 13.0 Å². The summed E-state index contributed by atoms with van der Waals surface area (Å²) in [6.45, 7) is 1.09. The van der Waals surface area contributed by atoms with Crippen molar-refractivity contribution in [1.82, 2.24) is 19.9 Å². The van der Waals surface area contributed by atoms with Crippen molar-refractivity contribution >= 4 is 40.1 Å². The Morgan fingerprint density at radius 1 is 0.967 bits per heavy atom. The number of aromatic nitrogens is 3. The maximum atomic E-state index is 12.2. The summed E-state index contributed by atoms with van der Waals surface area (Å²) in [7, 11) is 0. The number of halogens is 2. The van der Waals surface area contributed by atoms with Crippen LogP contribution in [0.1, 0.15) is 28.2 Å². The highest BCUT2D eigenvalue weighted by Gasteiger charge is 2.14. The second-order valence-electron chi connectivity index (χ2n) is 6.90. The van der Waals surface area contributed by atoms with Crippen LogP contribution in [0.4, 0.5) is 0 Å². The maximum absolute atomic E-state index is 12.2. The van der Waals surface area contributed by atoms with E-state index in [0.717, 1.165) is 28.8 Å². The Kier molecular flexibility index (Phi) is 6.31. The zero-order valence-electron chi connectivity index (χ0n) is 16.2. The normalized spacial score (nSPS) is 11.0. The Hall–Kier alpha value is -2.89. The second kappa shape index (κ2) is 9.28. The highest BCUT2D eigenvalue weighted by Crippen LogP contribution is 2.27. The molecule has 4 rings (SSSR count). The van der Waals surface area contributed by atoms with Gasteiger partial charge in [-0.1, -0.05) is 41.4 Å². The molecule has 7 heteroatoms. The fraction of sp³-hybridized carbons (Fsp3) is 0.174. The van der Waals surface area contributed by atoms with E-state index in [4.69, 9.17) is 28.2 Å². The standard InChI is InChI=1S/C23H20Cl2N4O/c24-18-5-3-6-19(25)17(18)15-29-21-8-2-1-7-20(21)28-22(29)9-4-12-27-23(30)16-10-13-26-14-11-16/h1-3,5-8,10-11,13-14H,4,9,12,15H2,(H,27,30). The number of amides is 1. The monoisotopic (exact) mass is 438 g/mol. The summed E-state index contributed by atoms with van der Waals surface area (Å²) in [5.74, 6) is 0.832. The molecule has 0 saturated heterocycles. The van der Waals surface area contributed by atoms with Gasteiger partial charge >= 0.3 is 0 Å². The Morgan fingerprint density at radius 3 is 2.47 bits per heavy atom. The highest BCUT2D eigenvalue weighted by molar-refractivity contribution is 6.36. The van der Waals surface area contributed by atoms with Crippen LogP contribution >= 0.6 is 23.2 Å². The fourth-order valence-corrected chi connectivity index (χ4v) is 3.90. The van der Waals surface area contributed by atoms with Gasteiger partial charge in [0, 0.05) is 46.5 Å². The Bertz CT molecular complexity index is 1150. The van der Waals surface area contributed by atoms with Gasteiger partial charge < -0.3 is 9.88 Å². The number of hydrogen-bond donors (Lipinski definition) is 1. The molecule has 5 nitrogen and oxygen atoms in total. The van der Waals surface area contributed by atoms with Crippen molar-refractivity contribution in [1.29, 1.82) is 0 Å². The van der Waals surface area contributed by atoms with Crippen LogP contribution in [0, 0.1) is 0 Å². The minimum atomic E-state index is -0.103. The van der Waals surface area contributed by atoms with Crippen LogP contribution in [0.25, 0.3) is 11.0 Å². The SMILES string of the molecule is O=C(NCCCc1nc2ccccc2n1Cc1c(Cl)cccc1Cl)c1ccncc1. The molecule has 1 N–H and O–H groups in total. The predicted octanol–water partition coefficient (Wildman–Crippen LogP) is 5.15. The van der Waals surface area contributed by atoms with E-state index in [9.17, 15) is 4.79 Å². The van der Waals surface area contributed by atoms with Crippen LogP contribution in [0.15, 0.2) is 67.0 Å². The van der Waals surface area contributed by atoms with E-state index in [1.807, 2.05) is 42.5 Å². The molecule has 0 saturated carbocycles. The van der Waals surface area contributed by atoms with Crippen molar-refractivity contribution in [3.8, 4) is 0 Å². The van der Waals surface area contributed by atoms with Gasteiger partial charge in [0.15, 0.2) is 0 Å².